The number of pyridine rings is 1. The molecular weight excluding hydrogens is 424 g/mol. The third-order valence-corrected chi connectivity index (χ3v) is 7.58. The first-order valence-electron chi connectivity index (χ1n) is 11.2. The standard InChI is InChI=1S/C24H34N4O3S/c1-6-24-26-22-15-25-13-12-23(22)28(24)16-19-8-10-21(11-9-19)32(29,30)27(5)20(14-18(3)4)17-31-7-2/h8-13,15,18,20H,6-7,14,16-17H2,1-5H3. The number of ether oxygens (including phenoxy) is 1. The van der Waals surface area contributed by atoms with Crippen molar-refractivity contribution in [2.45, 2.75) is 58.0 Å². The maximum absolute atomic E-state index is 13.3. The lowest BCUT2D eigenvalue weighted by atomic mass is 10.0. The van der Waals surface area contributed by atoms with Crippen molar-refractivity contribution in [3.8, 4) is 0 Å². The van der Waals surface area contributed by atoms with Crippen LogP contribution in [0.3, 0.4) is 0 Å². The molecule has 0 saturated carbocycles. The van der Waals surface area contributed by atoms with E-state index in [4.69, 9.17) is 4.74 Å². The zero-order chi connectivity index (χ0) is 23.3. The normalized spacial score (nSPS) is 13.3. The summed E-state index contributed by atoms with van der Waals surface area (Å²) in [6.07, 6.45) is 5.09. The number of benzene rings is 1. The average molecular weight is 459 g/mol. The molecule has 0 amide bonds. The lowest BCUT2D eigenvalue weighted by Crippen LogP contribution is -2.41. The molecule has 174 valence electrons. The highest BCUT2D eigenvalue weighted by atomic mass is 32.2. The molecule has 3 rings (SSSR count). The predicted octanol–water partition coefficient (Wildman–Crippen LogP) is 4.11. The summed E-state index contributed by atoms with van der Waals surface area (Å²) in [6, 6.07) is 8.92. The second-order valence-corrected chi connectivity index (χ2v) is 10.4. The molecule has 1 aromatic carbocycles. The van der Waals surface area contributed by atoms with Gasteiger partial charge in [0.25, 0.3) is 0 Å². The monoisotopic (exact) mass is 458 g/mol. The topological polar surface area (TPSA) is 77.3 Å². The van der Waals surface area contributed by atoms with Gasteiger partial charge in [-0.25, -0.2) is 13.4 Å². The lowest BCUT2D eigenvalue weighted by molar-refractivity contribution is 0.0954. The van der Waals surface area contributed by atoms with Crippen LogP contribution in [0.4, 0.5) is 0 Å². The van der Waals surface area contributed by atoms with Crippen molar-refractivity contribution in [2.75, 3.05) is 20.3 Å². The van der Waals surface area contributed by atoms with E-state index in [0.29, 0.717) is 30.6 Å². The van der Waals surface area contributed by atoms with Gasteiger partial charge in [0.15, 0.2) is 0 Å². The number of hydrogen-bond donors (Lipinski definition) is 0. The second-order valence-electron chi connectivity index (χ2n) is 8.44. The molecule has 0 aliphatic carbocycles. The number of sulfonamides is 1. The van der Waals surface area contributed by atoms with Gasteiger partial charge in [0.05, 0.1) is 23.2 Å². The Morgan fingerprint density at radius 1 is 1.12 bits per heavy atom. The largest absolute Gasteiger partial charge is 0.380 e. The van der Waals surface area contributed by atoms with E-state index in [0.717, 1.165) is 35.3 Å². The fraction of sp³-hybridized carbons (Fsp3) is 0.500. The zero-order valence-electron chi connectivity index (χ0n) is 19.7. The molecule has 1 atom stereocenters. The number of imidazole rings is 1. The number of aryl methyl sites for hydroxylation is 1. The van der Waals surface area contributed by atoms with Crippen LogP contribution in [0, 0.1) is 5.92 Å². The van der Waals surface area contributed by atoms with Crippen LogP contribution in [0.15, 0.2) is 47.6 Å². The minimum Gasteiger partial charge on any atom is -0.380 e. The first kappa shape index (κ1) is 24.4. The molecule has 0 bridgehead atoms. The highest BCUT2D eigenvalue weighted by Gasteiger charge is 2.28. The summed E-state index contributed by atoms with van der Waals surface area (Å²) in [6.45, 7) is 9.76. The third-order valence-electron chi connectivity index (χ3n) is 5.66. The van der Waals surface area contributed by atoms with Gasteiger partial charge in [0, 0.05) is 38.9 Å². The van der Waals surface area contributed by atoms with Gasteiger partial charge in [-0.15, -0.1) is 0 Å². The van der Waals surface area contributed by atoms with Crippen LogP contribution in [0.2, 0.25) is 0 Å². The number of aromatic nitrogens is 3. The molecular formula is C24H34N4O3S. The van der Waals surface area contributed by atoms with Crippen molar-refractivity contribution >= 4 is 21.1 Å². The number of likely N-dealkylation sites (N-methyl/N-ethyl adjacent to an activating group) is 1. The maximum Gasteiger partial charge on any atom is 0.243 e. The van der Waals surface area contributed by atoms with Crippen molar-refractivity contribution in [1.29, 1.82) is 0 Å². The second kappa shape index (κ2) is 10.6. The van der Waals surface area contributed by atoms with Crippen LogP contribution in [0.1, 0.15) is 45.5 Å². The molecule has 3 aromatic rings. The summed E-state index contributed by atoms with van der Waals surface area (Å²) >= 11 is 0. The van der Waals surface area contributed by atoms with Crippen molar-refractivity contribution < 1.29 is 13.2 Å². The molecule has 0 spiro atoms. The number of rotatable bonds is 11. The van der Waals surface area contributed by atoms with Crippen LogP contribution in [0.25, 0.3) is 11.0 Å². The molecule has 8 heteroatoms. The van der Waals surface area contributed by atoms with Gasteiger partial charge in [-0.1, -0.05) is 32.9 Å². The molecule has 0 saturated heterocycles. The van der Waals surface area contributed by atoms with Gasteiger partial charge in [0.2, 0.25) is 10.0 Å². The Morgan fingerprint density at radius 3 is 2.47 bits per heavy atom. The van der Waals surface area contributed by atoms with Crippen molar-refractivity contribution in [3.05, 3.63) is 54.1 Å². The maximum atomic E-state index is 13.3. The van der Waals surface area contributed by atoms with E-state index in [1.807, 2.05) is 25.1 Å². The van der Waals surface area contributed by atoms with Crippen LogP contribution in [-0.2, 0) is 27.7 Å². The molecule has 0 fully saturated rings. The van der Waals surface area contributed by atoms with Gasteiger partial charge in [-0.2, -0.15) is 4.31 Å². The minimum atomic E-state index is -3.61. The number of fused-ring (bicyclic) bond motifs is 1. The number of hydrogen-bond acceptors (Lipinski definition) is 5. The van der Waals surface area contributed by atoms with E-state index in [1.54, 1.807) is 31.6 Å². The highest BCUT2D eigenvalue weighted by Crippen LogP contribution is 2.22. The minimum absolute atomic E-state index is 0.197. The molecule has 1 unspecified atom stereocenters. The molecule has 0 radical (unpaired) electrons. The molecule has 7 nitrogen and oxygen atoms in total. The van der Waals surface area contributed by atoms with Gasteiger partial charge < -0.3 is 9.30 Å². The smallest absolute Gasteiger partial charge is 0.243 e. The van der Waals surface area contributed by atoms with Gasteiger partial charge >= 0.3 is 0 Å². The van der Waals surface area contributed by atoms with Crippen LogP contribution < -0.4 is 0 Å². The first-order valence-corrected chi connectivity index (χ1v) is 12.7. The Balaban J connectivity index is 1.83. The Morgan fingerprint density at radius 2 is 1.84 bits per heavy atom. The fourth-order valence-corrected chi connectivity index (χ4v) is 5.26. The Bertz CT molecular complexity index is 1120. The quantitative estimate of drug-likeness (QED) is 0.432. The van der Waals surface area contributed by atoms with E-state index >= 15 is 0 Å². The molecule has 32 heavy (non-hydrogen) atoms. The van der Waals surface area contributed by atoms with E-state index in [-0.39, 0.29) is 6.04 Å². The third kappa shape index (κ3) is 5.36. The van der Waals surface area contributed by atoms with Crippen molar-refractivity contribution in [1.82, 2.24) is 18.8 Å². The Kier molecular flexibility index (Phi) is 8.03. The first-order chi connectivity index (χ1) is 15.3. The lowest BCUT2D eigenvalue weighted by Gasteiger charge is -2.28. The van der Waals surface area contributed by atoms with E-state index in [9.17, 15) is 8.42 Å². The highest BCUT2D eigenvalue weighted by molar-refractivity contribution is 7.89. The van der Waals surface area contributed by atoms with E-state index in [2.05, 4.69) is 35.3 Å². The van der Waals surface area contributed by atoms with Gasteiger partial charge in [0.1, 0.15) is 11.3 Å². The summed E-state index contributed by atoms with van der Waals surface area (Å²) in [4.78, 5) is 9.11. The summed E-state index contributed by atoms with van der Waals surface area (Å²) in [5.41, 5.74) is 2.92. The van der Waals surface area contributed by atoms with Gasteiger partial charge in [-0.3, -0.25) is 4.98 Å². The molecule has 0 aliphatic rings. The number of nitrogens with zero attached hydrogens (tertiary/aromatic N) is 4. The van der Waals surface area contributed by atoms with Crippen molar-refractivity contribution in [2.24, 2.45) is 5.92 Å². The van der Waals surface area contributed by atoms with Crippen LogP contribution in [0.5, 0.6) is 0 Å². The SMILES string of the molecule is CCOCC(CC(C)C)N(C)S(=O)(=O)c1ccc(Cn2c(CC)nc3cnccc32)cc1. The van der Waals surface area contributed by atoms with Crippen LogP contribution >= 0.6 is 0 Å². The zero-order valence-corrected chi connectivity index (χ0v) is 20.5. The van der Waals surface area contributed by atoms with E-state index < -0.39 is 10.0 Å². The molecule has 2 aromatic heterocycles. The summed E-state index contributed by atoms with van der Waals surface area (Å²) in [5, 5.41) is 0. The molecule has 2 heterocycles. The van der Waals surface area contributed by atoms with Crippen LogP contribution in [-0.4, -0.2) is 53.6 Å². The average Bonchev–Trinajstić information content (AvgIpc) is 3.13. The molecule has 0 aliphatic heterocycles. The summed E-state index contributed by atoms with van der Waals surface area (Å²) in [7, 11) is -1.97. The summed E-state index contributed by atoms with van der Waals surface area (Å²) < 4.78 is 35.7. The van der Waals surface area contributed by atoms with Crippen molar-refractivity contribution in [3.63, 3.8) is 0 Å². The fourth-order valence-electron chi connectivity index (χ4n) is 3.91. The molecule has 0 N–H and O–H groups in total. The Labute approximate surface area is 191 Å². The Hall–Kier alpha value is -2.29. The van der Waals surface area contributed by atoms with Gasteiger partial charge in [-0.05, 0) is 43.0 Å². The predicted molar refractivity (Wildman–Crippen MR) is 127 cm³/mol. The summed E-state index contributed by atoms with van der Waals surface area (Å²) in [5.74, 6) is 1.35. The van der Waals surface area contributed by atoms with E-state index in [1.165, 1.54) is 4.31 Å².